The molecule has 0 unspecified atom stereocenters. The second kappa shape index (κ2) is 8.40. The van der Waals surface area contributed by atoms with Crippen LogP contribution in [-0.2, 0) is 9.84 Å². The van der Waals surface area contributed by atoms with Crippen LogP contribution in [0, 0.1) is 0 Å². The number of sulfone groups is 1. The summed E-state index contributed by atoms with van der Waals surface area (Å²) in [5.74, 6) is 1.03. The molecule has 1 saturated carbocycles. The van der Waals surface area contributed by atoms with E-state index in [2.05, 4.69) is 15.6 Å². The smallest absolute Gasteiger partial charge is 0.191 e. The van der Waals surface area contributed by atoms with Crippen molar-refractivity contribution in [3.05, 3.63) is 0 Å². The summed E-state index contributed by atoms with van der Waals surface area (Å²) in [6.07, 6.45) is 8.15. The van der Waals surface area contributed by atoms with Crippen molar-refractivity contribution in [2.75, 3.05) is 25.1 Å². The minimum Gasteiger partial charge on any atom is -0.357 e. The molecule has 0 aliphatic heterocycles. The Bertz CT molecular complexity index is 373. The molecular formula is C13H27N3O2S. The van der Waals surface area contributed by atoms with Gasteiger partial charge in [-0.2, -0.15) is 0 Å². The predicted octanol–water partition coefficient (Wildman–Crippen LogP) is 1.31. The summed E-state index contributed by atoms with van der Waals surface area (Å²) in [5.41, 5.74) is 0. The molecule has 0 aromatic heterocycles. The van der Waals surface area contributed by atoms with Crippen molar-refractivity contribution in [3.63, 3.8) is 0 Å². The Morgan fingerprint density at radius 3 is 2.53 bits per heavy atom. The normalized spacial score (nSPS) is 18.3. The highest BCUT2D eigenvalue weighted by Crippen LogP contribution is 2.17. The molecule has 1 rings (SSSR count). The number of hydrogen-bond donors (Lipinski definition) is 2. The lowest BCUT2D eigenvalue weighted by molar-refractivity contribution is 0.410. The maximum atomic E-state index is 11.0. The highest BCUT2D eigenvalue weighted by Gasteiger charge is 2.14. The van der Waals surface area contributed by atoms with Gasteiger partial charge in [-0.05, 0) is 26.2 Å². The van der Waals surface area contributed by atoms with Crippen LogP contribution < -0.4 is 10.6 Å². The van der Waals surface area contributed by atoms with Crippen LogP contribution in [0.15, 0.2) is 4.99 Å². The van der Waals surface area contributed by atoms with E-state index in [1.807, 2.05) is 6.92 Å². The van der Waals surface area contributed by atoms with Gasteiger partial charge in [-0.3, -0.25) is 4.99 Å². The Labute approximate surface area is 117 Å². The van der Waals surface area contributed by atoms with Gasteiger partial charge in [0.25, 0.3) is 0 Å². The van der Waals surface area contributed by atoms with Crippen LogP contribution in [0.2, 0.25) is 0 Å². The minimum atomic E-state index is -2.87. The van der Waals surface area contributed by atoms with Gasteiger partial charge >= 0.3 is 0 Å². The third-order valence-electron chi connectivity index (χ3n) is 3.23. The summed E-state index contributed by atoms with van der Waals surface area (Å²) in [6, 6.07) is 0.515. The van der Waals surface area contributed by atoms with Gasteiger partial charge in [-0.1, -0.05) is 19.3 Å². The molecule has 0 aromatic carbocycles. The fraction of sp³-hybridized carbons (Fsp3) is 0.923. The standard InChI is InChI=1S/C13H27N3O2S/c1-3-14-13(15-10-7-11-19(2,17)18)16-12-8-5-4-6-9-12/h12H,3-11H2,1-2H3,(H2,14,15,16). The largest absolute Gasteiger partial charge is 0.357 e. The lowest BCUT2D eigenvalue weighted by atomic mass is 9.96. The Morgan fingerprint density at radius 2 is 1.95 bits per heavy atom. The van der Waals surface area contributed by atoms with Crippen molar-refractivity contribution in [2.45, 2.75) is 51.5 Å². The number of rotatable bonds is 6. The zero-order chi connectivity index (χ0) is 14.1. The Balaban J connectivity index is 2.37. The van der Waals surface area contributed by atoms with Crippen LogP contribution in [0.3, 0.4) is 0 Å². The van der Waals surface area contributed by atoms with Crippen molar-refractivity contribution in [1.29, 1.82) is 0 Å². The molecule has 5 nitrogen and oxygen atoms in total. The zero-order valence-electron chi connectivity index (χ0n) is 12.1. The number of guanidine groups is 1. The molecule has 0 saturated heterocycles. The fourth-order valence-corrected chi connectivity index (χ4v) is 2.93. The average molecular weight is 289 g/mol. The van der Waals surface area contributed by atoms with Crippen LogP contribution in [0.4, 0.5) is 0 Å². The van der Waals surface area contributed by atoms with Crippen molar-refractivity contribution in [3.8, 4) is 0 Å². The number of aliphatic imine (C=N–C) groups is 1. The third kappa shape index (κ3) is 8.08. The number of nitrogens with zero attached hydrogens (tertiary/aromatic N) is 1. The maximum Gasteiger partial charge on any atom is 0.191 e. The van der Waals surface area contributed by atoms with E-state index in [1.165, 1.54) is 38.4 Å². The molecule has 0 aromatic rings. The second-order valence-corrected chi connectivity index (χ2v) is 7.48. The fourth-order valence-electron chi connectivity index (χ4n) is 2.28. The quantitative estimate of drug-likeness (QED) is 0.439. The molecule has 0 spiro atoms. The average Bonchev–Trinajstić information content (AvgIpc) is 2.35. The first-order valence-corrected chi connectivity index (χ1v) is 9.30. The molecule has 0 atom stereocenters. The zero-order valence-corrected chi connectivity index (χ0v) is 12.9. The highest BCUT2D eigenvalue weighted by atomic mass is 32.2. The van der Waals surface area contributed by atoms with Crippen LogP contribution in [0.25, 0.3) is 0 Å². The summed E-state index contributed by atoms with van der Waals surface area (Å²) in [6.45, 7) is 3.41. The first kappa shape index (κ1) is 16.3. The summed E-state index contributed by atoms with van der Waals surface area (Å²) in [4.78, 5) is 4.44. The van der Waals surface area contributed by atoms with E-state index >= 15 is 0 Å². The molecule has 19 heavy (non-hydrogen) atoms. The lowest BCUT2D eigenvalue weighted by Gasteiger charge is -2.24. The van der Waals surface area contributed by atoms with E-state index in [0.717, 1.165) is 12.5 Å². The molecule has 1 fully saturated rings. The van der Waals surface area contributed by atoms with Gasteiger partial charge in [0.05, 0.1) is 5.75 Å². The molecule has 0 amide bonds. The monoisotopic (exact) mass is 289 g/mol. The number of hydrogen-bond acceptors (Lipinski definition) is 3. The molecular weight excluding hydrogens is 262 g/mol. The van der Waals surface area contributed by atoms with E-state index in [0.29, 0.717) is 19.0 Å². The molecule has 2 N–H and O–H groups in total. The van der Waals surface area contributed by atoms with Crippen LogP contribution in [-0.4, -0.2) is 45.5 Å². The summed E-state index contributed by atoms with van der Waals surface area (Å²) >= 11 is 0. The Kier molecular flexibility index (Phi) is 7.20. The number of nitrogens with one attached hydrogen (secondary N) is 2. The molecule has 0 heterocycles. The van der Waals surface area contributed by atoms with Crippen molar-refractivity contribution < 1.29 is 8.42 Å². The third-order valence-corrected chi connectivity index (χ3v) is 4.26. The molecule has 1 aliphatic carbocycles. The molecule has 0 radical (unpaired) electrons. The SMILES string of the molecule is CCNC(=NCCCS(C)(=O)=O)NC1CCCCC1. The Morgan fingerprint density at radius 1 is 1.26 bits per heavy atom. The Hall–Kier alpha value is -0.780. The van der Waals surface area contributed by atoms with Gasteiger partial charge in [0.15, 0.2) is 5.96 Å². The van der Waals surface area contributed by atoms with Gasteiger partial charge in [-0.15, -0.1) is 0 Å². The minimum absolute atomic E-state index is 0.208. The van der Waals surface area contributed by atoms with Crippen molar-refractivity contribution in [2.24, 2.45) is 4.99 Å². The second-order valence-electron chi connectivity index (χ2n) is 5.22. The summed E-state index contributed by atoms with van der Waals surface area (Å²) < 4.78 is 22.1. The predicted molar refractivity (Wildman–Crippen MR) is 80.3 cm³/mol. The highest BCUT2D eigenvalue weighted by molar-refractivity contribution is 7.90. The first-order chi connectivity index (χ1) is 9.01. The van der Waals surface area contributed by atoms with Crippen molar-refractivity contribution in [1.82, 2.24) is 10.6 Å². The van der Waals surface area contributed by atoms with Gasteiger partial charge in [0, 0.05) is 25.4 Å². The van der Waals surface area contributed by atoms with Gasteiger partial charge in [0.1, 0.15) is 9.84 Å². The van der Waals surface area contributed by atoms with Crippen LogP contribution >= 0.6 is 0 Å². The lowest BCUT2D eigenvalue weighted by Crippen LogP contribution is -2.44. The summed E-state index contributed by atoms with van der Waals surface area (Å²) in [5, 5.41) is 6.66. The van der Waals surface area contributed by atoms with Crippen LogP contribution in [0.1, 0.15) is 45.4 Å². The summed E-state index contributed by atoms with van der Waals surface area (Å²) in [7, 11) is -2.87. The topological polar surface area (TPSA) is 70.6 Å². The molecule has 112 valence electrons. The van der Waals surface area contributed by atoms with Crippen LogP contribution in [0.5, 0.6) is 0 Å². The first-order valence-electron chi connectivity index (χ1n) is 7.24. The van der Waals surface area contributed by atoms with Gasteiger partial charge < -0.3 is 10.6 Å². The van der Waals surface area contributed by atoms with E-state index in [-0.39, 0.29) is 5.75 Å². The van der Waals surface area contributed by atoms with Gasteiger partial charge in [0.2, 0.25) is 0 Å². The molecule has 6 heteroatoms. The maximum absolute atomic E-state index is 11.0. The van der Waals surface area contributed by atoms with E-state index in [9.17, 15) is 8.42 Å². The van der Waals surface area contributed by atoms with E-state index in [4.69, 9.17) is 0 Å². The van der Waals surface area contributed by atoms with Gasteiger partial charge in [-0.25, -0.2) is 8.42 Å². The van der Waals surface area contributed by atoms with E-state index < -0.39 is 9.84 Å². The molecule has 1 aliphatic rings. The van der Waals surface area contributed by atoms with E-state index in [1.54, 1.807) is 0 Å². The molecule has 0 bridgehead atoms. The van der Waals surface area contributed by atoms with Crippen molar-refractivity contribution >= 4 is 15.8 Å².